The molecule has 0 radical (unpaired) electrons. The molecule has 0 aromatic heterocycles. The summed E-state index contributed by atoms with van der Waals surface area (Å²) in [6.45, 7) is 0. The summed E-state index contributed by atoms with van der Waals surface area (Å²) in [5.74, 6) is -1.33. The number of hydrogen-bond donors (Lipinski definition) is 1. The smallest absolute Gasteiger partial charge is 0.266 e. The van der Waals surface area contributed by atoms with Gasteiger partial charge in [-0.2, -0.15) is 0 Å². The normalized spacial score (nSPS) is 22.4. The zero-order chi connectivity index (χ0) is 16.0. The van der Waals surface area contributed by atoms with E-state index in [1.807, 2.05) is 0 Å². The zero-order valence-electron chi connectivity index (χ0n) is 11.8. The van der Waals surface area contributed by atoms with Crippen molar-refractivity contribution < 1.29 is 14.0 Å². The van der Waals surface area contributed by atoms with E-state index in [9.17, 15) is 14.0 Å². The minimum atomic E-state index is -1.33. The molecule has 2 aliphatic rings. The third-order valence-electron chi connectivity index (χ3n) is 3.93. The molecule has 2 heterocycles. The van der Waals surface area contributed by atoms with Gasteiger partial charge in [0, 0.05) is 17.3 Å². The standard InChI is InChI=1S/C17H11FN2O2S/c18-12-6-2-4-8-14(12)20-15(21)9-10-23-17(20)11-5-1-3-7-13(11)19-16(17)22/h1-10H,(H,19,22). The summed E-state index contributed by atoms with van der Waals surface area (Å²) in [7, 11) is 0. The van der Waals surface area contributed by atoms with Gasteiger partial charge in [0.15, 0.2) is 0 Å². The second kappa shape index (κ2) is 4.96. The van der Waals surface area contributed by atoms with Gasteiger partial charge in [-0.25, -0.2) is 4.39 Å². The monoisotopic (exact) mass is 326 g/mol. The number of benzene rings is 2. The SMILES string of the molecule is O=C1C=CSC2(C(=O)Nc3ccccc32)N1c1ccccc1F. The van der Waals surface area contributed by atoms with E-state index in [0.29, 0.717) is 11.3 Å². The number of carbonyl (C=O) groups excluding carboxylic acids is 2. The molecule has 2 amide bonds. The van der Waals surface area contributed by atoms with Crippen LogP contribution < -0.4 is 10.2 Å². The van der Waals surface area contributed by atoms with Gasteiger partial charge in [-0.15, -0.1) is 0 Å². The topological polar surface area (TPSA) is 49.4 Å². The molecule has 6 heteroatoms. The molecular weight excluding hydrogens is 315 g/mol. The molecule has 0 bridgehead atoms. The van der Waals surface area contributed by atoms with Crippen molar-refractivity contribution in [2.75, 3.05) is 10.2 Å². The van der Waals surface area contributed by atoms with Gasteiger partial charge in [0.25, 0.3) is 11.8 Å². The van der Waals surface area contributed by atoms with Gasteiger partial charge >= 0.3 is 0 Å². The Hall–Kier alpha value is -2.60. The summed E-state index contributed by atoms with van der Waals surface area (Å²) in [4.78, 5) is 25.2. The van der Waals surface area contributed by atoms with Crippen LogP contribution in [-0.4, -0.2) is 11.8 Å². The molecule has 1 unspecified atom stereocenters. The molecule has 23 heavy (non-hydrogen) atoms. The number of para-hydroxylation sites is 2. The maximum absolute atomic E-state index is 14.3. The Morgan fingerprint density at radius 2 is 1.78 bits per heavy atom. The third kappa shape index (κ3) is 1.85. The Morgan fingerprint density at radius 1 is 1.04 bits per heavy atom. The lowest BCUT2D eigenvalue weighted by molar-refractivity contribution is -0.122. The van der Waals surface area contributed by atoms with E-state index in [0.717, 1.165) is 0 Å². The minimum absolute atomic E-state index is 0.0844. The van der Waals surface area contributed by atoms with Gasteiger partial charge in [0.05, 0.1) is 5.69 Å². The highest BCUT2D eigenvalue weighted by atomic mass is 32.2. The Morgan fingerprint density at radius 3 is 2.61 bits per heavy atom. The highest BCUT2D eigenvalue weighted by Crippen LogP contribution is 2.52. The van der Waals surface area contributed by atoms with Crippen molar-refractivity contribution in [2.45, 2.75) is 4.87 Å². The van der Waals surface area contributed by atoms with Crippen LogP contribution in [0.5, 0.6) is 0 Å². The summed E-state index contributed by atoms with van der Waals surface area (Å²) in [6.07, 6.45) is 1.34. The van der Waals surface area contributed by atoms with Crippen molar-refractivity contribution in [2.24, 2.45) is 0 Å². The van der Waals surface area contributed by atoms with E-state index in [-0.39, 0.29) is 11.6 Å². The Labute approximate surface area is 136 Å². The van der Waals surface area contributed by atoms with Gasteiger partial charge in [0.1, 0.15) is 5.82 Å². The number of anilines is 2. The summed E-state index contributed by atoms with van der Waals surface area (Å²) < 4.78 is 14.3. The maximum atomic E-state index is 14.3. The first-order chi connectivity index (χ1) is 11.1. The van der Waals surface area contributed by atoms with Crippen LogP contribution in [0.1, 0.15) is 5.56 Å². The number of rotatable bonds is 1. The minimum Gasteiger partial charge on any atom is -0.323 e. The average molecular weight is 326 g/mol. The molecule has 0 aliphatic carbocycles. The fraction of sp³-hybridized carbons (Fsp3) is 0.0588. The van der Waals surface area contributed by atoms with E-state index < -0.39 is 16.6 Å². The lowest BCUT2D eigenvalue weighted by Gasteiger charge is -2.39. The van der Waals surface area contributed by atoms with E-state index >= 15 is 0 Å². The fourth-order valence-corrected chi connectivity index (χ4v) is 4.09. The molecule has 0 saturated heterocycles. The van der Waals surface area contributed by atoms with Crippen molar-refractivity contribution in [3.8, 4) is 0 Å². The quantitative estimate of drug-likeness (QED) is 0.875. The van der Waals surface area contributed by atoms with Crippen molar-refractivity contribution in [1.29, 1.82) is 0 Å². The van der Waals surface area contributed by atoms with Gasteiger partial charge in [-0.3, -0.25) is 14.5 Å². The lowest BCUT2D eigenvalue weighted by atomic mass is 10.0. The summed E-state index contributed by atoms with van der Waals surface area (Å²) in [5, 5.41) is 4.37. The number of thioether (sulfide) groups is 1. The molecule has 4 rings (SSSR count). The molecule has 0 saturated carbocycles. The summed E-state index contributed by atoms with van der Waals surface area (Å²) in [6, 6.07) is 13.1. The van der Waals surface area contributed by atoms with Gasteiger partial charge in [-0.05, 0) is 23.6 Å². The first-order valence-corrected chi connectivity index (χ1v) is 7.86. The zero-order valence-corrected chi connectivity index (χ0v) is 12.6. The molecule has 2 aliphatic heterocycles. The van der Waals surface area contributed by atoms with E-state index in [4.69, 9.17) is 0 Å². The molecule has 1 atom stereocenters. The maximum Gasteiger partial charge on any atom is 0.266 e. The molecule has 4 nitrogen and oxygen atoms in total. The van der Waals surface area contributed by atoms with Crippen molar-refractivity contribution in [3.05, 3.63) is 71.4 Å². The van der Waals surface area contributed by atoms with Crippen molar-refractivity contribution in [3.63, 3.8) is 0 Å². The summed E-state index contributed by atoms with van der Waals surface area (Å²) in [5.41, 5.74) is 1.37. The van der Waals surface area contributed by atoms with Crippen molar-refractivity contribution >= 4 is 35.0 Å². The third-order valence-corrected chi connectivity index (χ3v) is 5.13. The Bertz CT molecular complexity index is 867. The Kier molecular flexibility index (Phi) is 3.02. The number of halogens is 1. The predicted octanol–water partition coefficient (Wildman–Crippen LogP) is 3.22. The van der Waals surface area contributed by atoms with E-state index in [1.54, 1.807) is 41.8 Å². The van der Waals surface area contributed by atoms with Crippen molar-refractivity contribution in [1.82, 2.24) is 0 Å². The van der Waals surface area contributed by atoms with Crippen LogP contribution in [0.2, 0.25) is 0 Å². The van der Waals surface area contributed by atoms with E-state index in [2.05, 4.69) is 5.32 Å². The van der Waals surface area contributed by atoms with Crippen LogP contribution >= 0.6 is 11.8 Å². The number of amides is 2. The van der Waals surface area contributed by atoms with Gasteiger partial charge < -0.3 is 5.32 Å². The number of fused-ring (bicyclic) bond motifs is 2. The molecule has 114 valence electrons. The van der Waals surface area contributed by atoms with Crippen LogP contribution in [0.4, 0.5) is 15.8 Å². The van der Waals surface area contributed by atoms with Crippen LogP contribution in [0.15, 0.2) is 60.0 Å². The summed E-state index contributed by atoms with van der Waals surface area (Å²) >= 11 is 1.19. The van der Waals surface area contributed by atoms with Crippen LogP contribution in [0.3, 0.4) is 0 Å². The Balaban J connectivity index is 2.00. The highest BCUT2D eigenvalue weighted by Gasteiger charge is 2.55. The van der Waals surface area contributed by atoms with Crippen LogP contribution in [0, 0.1) is 5.82 Å². The number of nitrogens with one attached hydrogen (secondary N) is 1. The van der Waals surface area contributed by atoms with Crippen LogP contribution in [0.25, 0.3) is 0 Å². The highest BCUT2D eigenvalue weighted by molar-refractivity contribution is 8.04. The molecular formula is C17H11FN2O2S. The molecule has 0 fully saturated rings. The molecule has 1 spiro atoms. The average Bonchev–Trinajstić information content (AvgIpc) is 2.82. The molecule has 2 aromatic rings. The number of carbonyl (C=O) groups is 2. The first-order valence-electron chi connectivity index (χ1n) is 6.98. The molecule has 1 N–H and O–H groups in total. The number of hydrogen-bond acceptors (Lipinski definition) is 3. The van der Waals surface area contributed by atoms with E-state index in [1.165, 1.54) is 34.9 Å². The van der Waals surface area contributed by atoms with Gasteiger partial charge in [0.2, 0.25) is 4.87 Å². The second-order valence-corrected chi connectivity index (χ2v) is 6.29. The largest absolute Gasteiger partial charge is 0.323 e. The number of nitrogens with zero attached hydrogens (tertiary/aromatic N) is 1. The molecule has 2 aromatic carbocycles. The van der Waals surface area contributed by atoms with Gasteiger partial charge in [-0.1, -0.05) is 42.1 Å². The lowest BCUT2D eigenvalue weighted by Crippen LogP contribution is -2.53. The van der Waals surface area contributed by atoms with Crippen LogP contribution in [-0.2, 0) is 14.5 Å². The fourth-order valence-electron chi connectivity index (χ4n) is 2.95. The first kappa shape index (κ1) is 14.0. The predicted molar refractivity (Wildman–Crippen MR) is 87.4 cm³/mol. The second-order valence-electron chi connectivity index (χ2n) is 5.19.